The minimum atomic E-state index is -0.164. The molecule has 1 amide bonds. The van der Waals surface area contributed by atoms with Crippen molar-refractivity contribution in [2.75, 3.05) is 24.8 Å². The number of ether oxygens (including phenoxy) is 2. The number of hydrogen-bond acceptors (Lipinski definition) is 6. The maximum atomic E-state index is 12.6. The summed E-state index contributed by atoms with van der Waals surface area (Å²) in [6.45, 7) is 2.43. The molecule has 8 nitrogen and oxygen atoms in total. The molecule has 0 spiro atoms. The van der Waals surface area contributed by atoms with Gasteiger partial charge in [-0.2, -0.15) is 0 Å². The lowest BCUT2D eigenvalue weighted by Gasteiger charge is -2.13. The number of hydrogen-bond donors (Lipinski definition) is 1. The van der Waals surface area contributed by atoms with Gasteiger partial charge in [-0.1, -0.05) is 36.0 Å². The van der Waals surface area contributed by atoms with E-state index in [0.29, 0.717) is 34.8 Å². The molecule has 0 atom stereocenters. The highest BCUT2D eigenvalue weighted by Gasteiger charge is 2.19. The molecule has 0 unspecified atom stereocenters. The summed E-state index contributed by atoms with van der Waals surface area (Å²) in [4.78, 5) is 12.6. The SMILES string of the molecule is CCOc1ccccc1NC(=O)CSc1nnc(-c2ccccc2OC)n1-n1cccc1. The molecule has 4 rings (SSSR count). The van der Waals surface area contributed by atoms with Gasteiger partial charge in [0, 0.05) is 12.4 Å². The summed E-state index contributed by atoms with van der Waals surface area (Å²) in [7, 11) is 1.62. The Labute approximate surface area is 190 Å². The van der Waals surface area contributed by atoms with Crippen LogP contribution in [0.3, 0.4) is 0 Å². The first-order chi connectivity index (χ1) is 15.7. The number of methoxy groups -OCH3 is 1. The number of carbonyl (C=O) groups excluding carboxylic acids is 1. The van der Waals surface area contributed by atoms with E-state index in [9.17, 15) is 4.79 Å². The lowest BCUT2D eigenvalue weighted by molar-refractivity contribution is -0.113. The molecule has 0 saturated heterocycles. The number of carbonyl (C=O) groups is 1. The van der Waals surface area contributed by atoms with Gasteiger partial charge >= 0.3 is 0 Å². The molecule has 0 aliphatic carbocycles. The van der Waals surface area contributed by atoms with E-state index in [1.165, 1.54) is 11.8 Å². The third-order valence-electron chi connectivity index (χ3n) is 4.57. The largest absolute Gasteiger partial charge is 0.496 e. The number of benzene rings is 2. The Balaban J connectivity index is 1.57. The second kappa shape index (κ2) is 10.1. The van der Waals surface area contributed by atoms with Crippen LogP contribution < -0.4 is 14.8 Å². The lowest BCUT2D eigenvalue weighted by Crippen LogP contribution is -2.16. The van der Waals surface area contributed by atoms with E-state index in [4.69, 9.17) is 9.47 Å². The van der Waals surface area contributed by atoms with E-state index < -0.39 is 0 Å². The summed E-state index contributed by atoms with van der Waals surface area (Å²) in [5.41, 5.74) is 1.44. The van der Waals surface area contributed by atoms with E-state index in [1.807, 2.05) is 89.3 Å². The quantitative estimate of drug-likeness (QED) is 0.386. The van der Waals surface area contributed by atoms with E-state index in [2.05, 4.69) is 15.5 Å². The van der Waals surface area contributed by atoms with Gasteiger partial charge in [-0.3, -0.25) is 9.47 Å². The van der Waals surface area contributed by atoms with Crippen LogP contribution in [-0.2, 0) is 4.79 Å². The Morgan fingerprint density at radius 3 is 2.47 bits per heavy atom. The van der Waals surface area contributed by atoms with Crippen LogP contribution in [0.4, 0.5) is 5.69 Å². The minimum Gasteiger partial charge on any atom is -0.496 e. The van der Waals surface area contributed by atoms with Gasteiger partial charge in [-0.25, -0.2) is 4.68 Å². The second-order valence-electron chi connectivity index (χ2n) is 6.65. The number of amides is 1. The molecular formula is C23H23N5O3S. The van der Waals surface area contributed by atoms with Crippen LogP contribution in [0.2, 0.25) is 0 Å². The third kappa shape index (κ3) is 4.62. The Bertz CT molecular complexity index is 1190. The first-order valence-corrected chi connectivity index (χ1v) is 11.1. The van der Waals surface area contributed by atoms with Gasteiger partial charge in [-0.05, 0) is 43.3 Å². The van der Waals surface area contributed by atoms with E-state index in [-0.39, 0.29) is 11.7 Å². The summed E-state index contributed by atoms with van der Waals surface area (Å²) in [5, 5.41) is 12.2. The average molecular weight is 450 g/mol. The van der Waals surface area contributed by atoms with Crippen molar-refractivity contribution in [3.63, 3.8) is 0 Å². The van der Waals surface area contributed by atoms with Gasteiger partial charge in [0.25, 0.3) is 0 Å². The number of rotatable bonds is 9. The third-order valence-corrected chi connectivity index (χ3v) is 5.49. The highest BCUT2D eigenvalue weighted by Crippen LogP contribution is 2.31. The molecule has 0 aliphatic heterocycles. The van der Waals surface area contributed by atoms with Gasteiger partial charge in [0.1, 0.15) is 11.5 Å². The van der Waals surface area contributed by atoms with E-state index >= 15 is 0 Å². The predicted octanol–water partition coefficient (Wildman–Crippen LogP) is 4.20. The molecule has 0 fully saturated rings. The zero-order valence-electron chi connectivity index (χ0n) is 17.8. The number of anilines is 1. The van der Waals surface area contributed by atoms with Crippen LogP contribution >= 0.6 is 11.8 Å². The summed E-state index contributed by atoms with van der Waals surface area (Å²) in [5.74, 6) is 1.94. The van der Waals surface area contributed by atoms with Crippen molar-refractivity contribution < 1.29 is 14.3 Å². The lowest BCUT2D eigenvalue weighted by atomic mass is 10.2. The summed E-state index contributed by atoms with van der Waals surface area (Å²) in [6, 6.07) is 18.8. The van der Waals surface area contributed by atoms with Crippen molar-refractivity contribution in [3.05, 3.63) is 73.1 Å². The van der Waals surface area contributed by atoms with E-state index in [0.717, 1.165) is 5.56 Å². The number of para-hydroxylation sites is 3. The molecule has 0 aliphatic rings. The van der Waals surface area contributed by atoms with Gasteiger partial charge in [0.2, 0.25) is 11.1 Å². The first kappa shape index (κ1) is 21.5. The van der Waals surface area contributed by atoms with Crippen molar-refractivity contribution >= 4 is 23.4 Å². The Morgan fingerprint density at radius 2 is 1.72 bits per heavy atom. The van der Waals surface area contributed by atoms with Crippen molar-refractivity contribution in [3.8, 4) is 22.9 Å². The van der Waals surface area contributed by atoms with Crippen LogP contribution in [-0.4, -0.2) is 44.9 Å². The predicted molar refractivity (Wildman–Crippen MR) is 124 cm³/mol. The average Bonchev–Trinajstić information content (AvgIpc) is 3.49. The number of nitrogens with one attached hydrogen (secondary N) is 1. The molecule has 0 bridgehead atoms. The normalized spacial score (nSPS) is 10.7. The molecule has 0 saturated carbocycles. The molecule has 9 heteroatoms. The second-order valence-corrected chi connectivity index (χ2v) is 7.59. The molecule has 2 aromatic carbocycles. The Hall–Kier alpha value is -3.72. The van der Waals surface area contributed by atoms with Gasteiger partial charge in [0.15, 0.2) is 5.82 Å². The molecule has 2 heterocycles. The van der Waals surface area contributed by atoms with Crippen LogP contribution in [0, 0.1) is 0 Å². The first-order valence-electron chi connectivity index (χ1n) is 10.1. The fourth-order valence-electron chi connectivity index (χ4n) is 3.19. The van der Waals surface area contributed by atoms with Gasteiger partial charge < -0.3 is 14.8 Å². The van der Waals surface area contributed by atoms with Gasteiger partial charge in [0.05, 0.1) is 30.7 Å². The zero-order valence-corrected chi connectivity index (χ0v) is 18.6. The standard InChI is InChI=1S/C23H23N5O3S/c1-3-31-20-13-7-5-11-18(20)24-21(29)16-32-23-26-25-22(28(23)27-14-8-9-15-27)17-10-4-6-12-19(17)30-2/h4-15H,3,16H2,1-2H3,(H,24,29). The maximum absolute atomic E-state index is 12.6. The maximum Gasteiger partial charge on any atom is 0.234 e. The number of thioether (sulfide) groups is 1. The topological polar surface area (TPSA) is 83.2 Å². The molecule has 32 heavy (non-hydrogen) atoms. The van der Waals surface area contributed by atoms with Crippen LogP contribution in [0.1, 0.15) is 6.92 Å². The Morgan fingerprint density at radius 1 is 1.00 bits per heavy atom. The van der Waals surface area contributed by atoms with Gasteiger partial charge in [-0.15, -0.1) is 10.2 Å². The summed E-state index contributed by atoms with van der Waals surface area (Å²) >= 11 is 1.30. The number of nitrogens with zero attached hydrogens (tertiary/aromatic N) is 4. The van der Waals surface area contributed by atoms with Crippen molar-refractivity contribution in [1.82, 2.24) is 19.5 Å². The van der Waals surface area contributed by atoms with Crippen molar-refractivity contribution in [1.29, 1.82) is 0 Å². The van der Waals surface area contributed by atoms with Crippen LogP contribution in [0.25, 0.3) is 11.4 Å². The Kier molecular flexibility index (Phi) is 6.76. The molecule has 4 aromatic rings. The molecular weight excluding hydrogens is 426 g/mol. The smallest absolute Gasteiger partial charge is 0.234 e. The fourth-order valence-corrected chi connectivity index (χ4v) is 3.92. The van der Waals surface area contributed by atoms with Crippen molar-refractivity contribution in [2.24, 2.45) is 0 Å². The zero-order chi connectivity index (χ0) is 22.3. The van der Waals surface area contributed by atoms with Crippen LogP contribution in [0.15, 0.2) is 78.2 Å². The van der Waals surface area contributed by atoms with E-state index in [1.54, 1.807) is 7.11 Å². The molecule has 1 N–H and O–H groups in total. The molecule has 0 radical (unpaired) electrons. The fraction of sp³-hybridized carbons (Fsp3) is 0.174. The minimum absolute atomic E-state index is 0.159. The molecule has 164 valence electrons. The van der Waals surface area contributed by atoms with Crippen molar-refractivity contribution in [2.45, 2.75) is 12.1 Å². The van der Waals surface area contributed by atoms with Crippen LogP contribution in [0.5, 0.6) is 11.5 Å². The highest BCUT2D eigenvalue weighted by atomic mass is 32.2. The molecule has 2 aromatic heterocycles. The number of aromatic nitrogens is 4. The monoisotopic (exact) mass is 449 g/mol. The highest BCUT2D eigenvalue weighted by molar-refractivity contribution is 7.99. The summed E-state index contributed by atoms with van der Waals surface area (Å²) < 4.78 is 14.8. The summed E-state index contributed by atoms with van der Waals surface area (Å²) in [6.07, 6.45) is 3.79.